The minimum Gasteiger partial charge on any atom is -0.373 e. The maximum absolute atomic E-state index is 12.5. The average Bonchev–Trinajstić information content (AvgIpc) is 3.00. The van der Waals surface area contributed by atoms with Gasteiger partial charge in [-0.25, -0.2) is 9.97 Å². The third-order valence-corrected chi connectivity index (χ3v) is 5.38. The molecule has 1 N–H and O–H groups in total. The molecule has 0 aromatic carbocycles. The Kier molecular flexibility index (Phi) is 6.06. The van der Waals surface area contributed by atoms with Crippen LogP contribution in [0, 0.1) is 0 Å². The van der Waals surface area contributed by atoms with Crippen molar-refractivity contribution < 1.29 is 9.53 Å². The summed E-state index contributed by atoms with van der Waals surface area (Å²) in [6, 6.07) is 3.54. The highest BCUT2D eigenvalue weighted by atomic mass is 32.2. The summed E-state index contributed by atoms with van der Waals surface area (Å²) >= 11 is 2.90. The lowest BCUT2D eigenvalue weighted by molar-refractivity contribution is -0.0707. The van der Waals surface area contributed by atoms with Gasteiger partial charge in [-0.15, -0.1) is 23.1 Å². The molecule has 0 radical (unpaired) electrons. The number of pyridine rings is 1. The number of amides is 1. The van der Waals surface area contributed by atoms with Gasteiger partial charge >= 0.3 is 0 Å². The van der Waals surface area contributed by atoms with Crippen molar-refractivity contribution in [1.82, 2.24) is 14.9 Å². The maximum atomic E-state index is 12.5. The van der Waals surface area contributed by atoms with Crippen LogP contribution in [0.15, 0.2) is 28.7 Å². The van der Waals surface area contributed by atoms with Crippen LogP contribution < -0.4 is 5.32 Å². The van der Waals surface area contributed by atoms with E-state index in [4.69, 9.17) is 4.74 Å². The van der Waals surface area contributed by atoms with Crippen LogP contribution in [-0.2, 0) is 11.3 Å². The lowest BCUT2D eigenvalue weighted by Gasteiger charge is -2.34. The van der Waals surface area contributed by atoms with Crippen molar-refractivity contribution in [2.75, 3.05) is 24.7 Å². The van der Waals surface area contributed by atoms with Gasteiger partial charge in [0, 0.05) is 31.2 Å². The topological polar surface area (TPSA) is 67.4 Å². The van der Waals surface area contributed by atoms with E-state index in [1.165, 1.54) is 23.1 Å². The second-order valence-corrected chi connectivity index (χ2v) is 7.76. The van der Waals surface area contributed by atoms with Crippen LogP contribution in [-0.4, -0.2) is 52.3 Å². The van der Waals surface area contributed by atoms with Crippen LogP contribution >= 0.6 is 23.1 Å². The second kappa shape index (κ2) is 8.27. The SMILES string of the molecule is CSc1ncccc1C(=O)Nc1nc(CN2CC(C)OC(C)C2)cs1. The van der Waals surface area contributed by atoms with Crippen LogP contribution in [0.4, 0.5) is 5.13 Å². The molecule has 1 aliphatic rings. The lowest BCUT2D eigenvalue weighted by atomic mass is 10.2. The van der Waals surface area contributed by atoms with E-state index in [0.717, 1.165) is 25.3 Å². The summed E-state index contributed by atoms with van der Waals surface area (Å²) in [6.07, 6.45) is 4.06. The van der Waals surface area contributed by atoms with E-state index in [1.807, 2.05) is 11.6 Å². The summed E-state index contributed by atoms with van der Waals surface area (Å²) < 4.78 is 5.76. The number of carbonyl (C=O) groups is 1. The molecule has 8 heteroatoms. The number of anilines is 1. The van der Waals surface area contributed by atoms with Crippen molar-refractivity contribution in [2.45, 2.75) is 37.6 Å². The molecule has 6 nitrogen and oxygen atoms in total. The maximum Gasteiger partial charge on any atom is 0.260 e. The molecule has 0 aliphatic carbocycles. The number of nitrogens with one attached hydrogen (secondary N) is 1. The molecule has 0 bridgehead atoms. The molecule has 3 heterocycles. The number of hydrogen-bond acceptors (Lipinski definition) is 7. The van der Waals surface area contributed by atoms with Gasteiger partial charge in [-0.05, 0) is 32.2 Å². The minimum absolute atomic E-state index is 0.174. The number of morpholine rings is 1. The van der Waals surface area contributed by atoms with Crippen molar-refractivity contribution in [1.29, 1.82) is 0 Å². The monoisotopic (exact) mass is 378 g/mol. The van der Waals surface area contributed by atoms with Crippen LogP contribution in [0.3, 0.4) is 0 Å². The molecule has 1 amide bonds. The summed E-state index contributed by atoms with van der Waals surface area (Å²) in [6.45, 7) is 6.75. The largest absolute Gasteiger partial charge is 0.373 e. The highest BCUT2D eigenvalue weighted by Gasteiger charge is 2.23. The van der Waals surface area contributed by atoms with Crippen molar-refractivity contribution in [3.8, 4) is 0 Å². The third kappa shape index (κ3) is 4.78. The Morgan fingerprint density at radius 1 is 1.44 bits per heavy atom. The number of carbonyl (C=O) groups excluding carboxylic acids is 1. The number of thioether (sulfide) groups is 1. The molecule has 134 valence electrons. The molecule has 2 unspecified atom stereocenters. The number of rotatable bonds is 5. The Hall–Kier alpha value is -1.48. The average molecular weight is 379 g/mol. The summed E-state index contributed by atoms with van der Waals surface area (Å²) in [5, 5.41) is 6.21. The fourth-order valence-corrected chi connectivity index (χ4v) is 4.21. The zero-order chi connectivity index (χ0) is 17.8. The molecule has 1 aliphatic heterocycles. The first-order valence-corrected chi connectivity index (χ1v) is 10.3. The van der Waals surface area contributed by atoms with Crippen molar-refractivity contribution >= 4 is 34.1 Å². The summed E-state index contributed by atoms with van der Waals surface area (Å²) in [5.41, 5.74) is 1.54. The highest BCUT2D eigenvalue weighted by Crippen LogP contribution is 2.22. The Morgan fingerprint density at radius 2 is 2.20 bits per heavy atom. The molecule has 2 aromatic rings. The summed E-state index contributed by atoms with van der Waals surface area (Å²) in [4.78, 5) is 23.6. The fourth-order valence-electron chi connectivity index (χ4n) is 2.97. The zero-order valence-electron chi connectivity index (χ0n) is 14.6. The van der Waals surface area contributed by atoms with Gasteiger partial charge in [-0.3, -0.25) is 15.0 Å². The van der Waals surface area contributed by atoms with Crippen molar-refractivity contribution in [3.63, 3.8) is 0 Å². The Morgan fingerprint density at radius 3 is 2.92 bits per heavy atom. The number of thiazole rings is 1. The number of ether oxygens (including phenoxy) is 1. The lowest BCUT2D eigenvalue weighted by Crippen LogP contribution is -2.44. The molecule has 0 spiro atoms. The highest BCUT2D eigenvalue weighted by molar-refractivity contribution is 7.98. The smallest absolute Gasteiger partial charge is 0.260 e. The van der Waals surface area contributed by atoms with Crippen LogP contribution in [0.25, 0.3) is 0 Å². The van der Waals surface area contributed by atoms with Crippen LogP contribution in [0.5, 0.6) is 0 Å². The van der Waals surface area contributed by atoms with Gasteiger partial charge in [0.1, 0.15) is 5.03 Å². The normalized spacial score (nSPS) is 21.2. The first-order chi connectivity index (χ1) is 12.0. The summed E-state index contributed by atoms with van der Waals surface area (Å²) in [5.74, 6) is -0.174. The van der Waals surface area contributed by atoms with E-state index >= 15 is 0 Å². The standard InChI is InChI=1S/C17H22N4O2S2/c1-11-7-21(8-12(2)23-11)9-13-10-25-17(19-13)20-15(22)14-5-4-6-18-16(14)24-3/h4-6,10-12H,7-9H2,1-3H3,(H,19,20,22). The van der Waals surface area contributed by atoms with Crippen LogP contribution in [0.2, 0.25) is 0 Å². The summed E-state index contributed by atoms with van der Waals surface area (Å²) in [7, 11) is 0. The van der Waals surface area contributed by atoms with E-state index in [0.29, 0.717) is 15.7 Å². The van der Waals surface area contributed by atoms with E-state index in [9.17, 15) is 4.79 Å². The van der Waals surface area contributed by atoms with Crippen molar-refractivity contribution in [2.24, 2.45) is 0 Å². The number of aromatic nitrogens is 2. The van der Waals surface area contributed by atoms with E-state index < -0.39 is 0 Å². The van der Waals surface area contributed by atoms with E-state index in [2.05, 4.69) is 34.0 Å². The molecule has 2 atom stereocenters. The third-order valence-electron chi connectivity index (χ3n) is 3.86. The first-order valence-electron chi connectivity index (χ1n) is 8.17. The molecule has 1 fully saturated rings. The Balaban J connectivity index is 1.62. The molecule has 3 rings (SSSR count). The quantitative estimate of drug-likeness (QED) is 0.807. The van der Waals surface area contributed by atoms with Crippen LogP contribution in [0.1, 0.15) is 29.9 Å². The number of hydrogen-bond donors (Lipinski definition) is 1. The minimum atomic E-state index is -0.174. The van der Waals surface area contributed by atoms with E-state index in [1.54, 1.807) is 18.3 Å². The molecule has 0 saturated carbocycles. The molecule has 1 saturated heterocycles. The van der Waals surface area contributed by atoms with Gasteiger partial charge < -0.3 is 4.74 Å². The molecule has 25 heavy (non-hydrogen) atoms. The molecular weight excluding hydrogens is 356 g/mol. The van der Waals surface area contributed by atoms with Gasteiger partial charge in [-0.2, -0.15) is 0 Å². The predicted octanol–water partition coefficient (Wildman–Crippen LogP) is 3.12. The molecule has 2 aromatic heterocycles. The van der Waals surface area contributed by atoms with Gasteiger partial charge in [0.2, 0.25) is 0 Å². The number of nitrogens with zero attached hydrogens (tertiary/aromatic N) is 3. The Labute approximate surface area is 156 Å². The second-order valence-electron chi connectivity index (χ2n) is 6.11. The zero-order valence-corrected chi connectivity index (χ0v) is 16.2. The van der Waals surface area contributed by atoms with Gasteiger partial charge in [0.05, 0.1) is 23.5 Å². The molecular formula is C17H22N4O2S2. The van der Waals surface area contributed by atoms with Gasteiger partial charge in [0.15, 0.2) is 5.13 Å². The van der Waals surface area contributed by atoms with Gasteiger partial charge in [-0.1, -0.05) is 0 Å². The van der Waals surface area contributed by atoms with Crippen molar-refractivity contribution in [3.05, 3.63) is 35.0 Å². The predicted molar refractivity (Wildman–Crippen MR) is 101 cm³/mol. The Bertz CT molecular complexity index is 727. The first kappa shape index (κ1) is 18.3. The van der Waals surface area contributed by atoms with Gasteiger partial charge in [0.25, 0.3) is 5.91 Å². The van der Waals surface area contributed by atoms with E-state index in [-0.39, 0.29) is 18.1 Å². The fraction of sp³-hybridized carbons (Fsp3) is 0.471.